The Hall–Kier alpha value is -2.22. The number of carbonyl (C=O) groups is 1. The lowest BCUT2D eigenvalue weighted by molar-refractivity contribution is 0.0797. The van der Waals surface area contributed by atoms with Gasteiger partial charge in [0.1, 0.15) is 0 Å². The van der Waals surface area contributed by atoms with Crippen LogP contribution in [-0.4, -0.2) is 37.6 Å². The maximum Gasteiger partial charge on any atom is 0.253 e. The van der Waals surface area contributed by atoms with Gasteiger partial charge in [0, 0.05) is 19.2 Å². The number of benzene rings is 1. The molecule has 0 fully saturated rings. The van der Waals surface area contributed by atoms with E-state index < -0.39 is 0 Å². The minimum absolute atomic E-state index is 0.135. The van der Waals surface area contributed by atoms with Crippen molar-refractivity contribution in [2.45, 2.75) is 20.3 Å². The summed E-state index contributed by atoms with van der Waals surface area (Å²) in [5.74, 6) is 1.06. The Balaban J connectivity index is 2.93. The lowest BCUT2D eigenvalue weighted by Gasteiger charge is -2.17. The molecular formula is C15H20N2O3. The number of hydrogen-bond donors (Lipinski definition) is 0. The molecule has 20 heavy (non-hydrogen) atoms. The number of rotatable bonds is 7. The van der Waals surface area contributed by atoms with Gasteiger partial charge >= 0.3 is 0 Å². The summed E-state index contributed by atoms with van der Waals surface area (Å²) >= 11 is 0. The van der Waals surface area contributed by atoms with E-state index in [1.165, 1.54) is 4.90 Å². The fraction of sp³-hybridized carbons (Fsp3) is 0.467. The summed E-state index contributed by atoms with van der Waals surface area (Å²) in [6, 6.07) is 7.15. The van der Waals surface area contributed by atoms with Gasteiger partial charge in [-0.3, -0.25) is 4.79 Å². The van der Waals surface area contributed by atoms with Gasteiger partial charge in [0.2, 0.25) is 0 Å². The quantitative estimate of drug-likeness (QED) is 0.767. The first-order chi connectivity index (χ1) is 9.63. The molecule has 0 heterocycles. The molecule has 0 aliphatic carbocycles. The zero-order valence-corrected chi connectivity index (χ0v) is 12.2. The van der Waals surface area contributed by atoms with Gasteiger partial charge in [-0.25, -0.2) is 0 Å². The number of carbonyl (C=O) groups excluding carboxylic acids is 1. The maximum absolute atomic E-state index is 12.2. The van der Waals surface area contributed by atoms with Gasteiger partial charge in [0.05, 0.1) is 25.7 Å². The van der Waals surface area contributed by atoms with Gasteiger partial charge in [-0.15, -0.1) is 0 Å². The smallest absolute Gasteiger partial charge is 0.253 e. The second-order valence-electron chi connectivity index (χ2n) is 4.16. The van der Waals surface area contributed by atoms with Crippen LogP contribution in [0, 0.1) is 11.3 Å². The Bertz CT molecular complexity index is 494. The van der Waals surface area contributed by atoms with Crippen LogP contribution in [0.25, 0.3) is 0 Å². The third kappa shape index (κ3) is 4.16. The lowest BCUT2D eigenvalue weighted by Crippen LogP contribution is -2.27. The molecule has 1 amide bonds. The van der Waals surface area contributed by atoms with E-state index in [4.69, 9.17) is 14.7 Å². The second kappa shape index (κ2) is 8.05. The molecule has 0 aromatic heterocycles. The minimum Gasteiger partial charge on any atom is -0.490 e. The first-order valence-corrected chi connectivity index (χ1v) is 6.66. The van der Waals surface area contributed by atoms with E-state index in [2.05, 4.69) is 0 Å². The predicted octanol–water partition coefficient (Wildman–Crippen LogP) is 2.47. The van der Waals surface area contributed by atoms with Gasteiger partial charge < -0.3 is 14.4 Å². The van der Waals surface area contributed by atoms with Crippen LogP contribution in [0.2, 0.25) is 0 Å². The van der Waals surface area contributed by atoms with Crippen LogP contribution < -0.4 is 9.47 Å². The second-order valence-corrected chi connectivity index (χ2v) is 4.16. The molecule has 0 spiro atoms. The Labute approximate surface area is 119 Å². The van der Waals surface area contributed by atoms with Crippen LogP contribution in [0.1, 0.15) is 30.6 Å². The van der Waals surface area contributed by atoms with Gasteiger partial charge in [-0.05, 0) is 32.0 Å². The third-order valence-corrected chi connectivity index (χ3v) is 2.70. The van der Waals surface area contributed by atoms with E-state index in [1.54, 1.807) is 25.2 Å². The highest BCUT2D eigenvalue weighted by atomic mass is 16.5. The van der Waals surface area contributed by atoms with Crippen molar-refractivity contribution in [1.82, 2.24) is 4.90 Å². The van der Waals surface area contributed by atoms with Crippen LogP contribution >= 0.6 is 0 Å². The fourth-order valence-corrected chi connectivity index (χ4v) is 1.72. The summed E-state index contributed by atoms with van der Waals surface area (Å²) in [5, 5.41) is 8.55. The van der Waals surface area contributed by atoms with E-state index in [1.807, 2.05) is 19.9 Å². The highest BCUT2D eigenvalue weighted by Crippen LogP contribution is 2.28. The molecule has 0 saturated carbocycles. The minimum atomic E-state index is -0.135. The molecule has 1 rings (SSSR count). The van der Waals surface area contributed by atoms with Crippen LogP contribution in [0.3, 0.4) is 0 Å². The summed E-state index contributed by atoms with van der Waals surface area (Å²) in [5.41, 5.74) is 0.525. The highest BCUT2D eigenvalue weighted by molar-refractivity contribution is 5.94. The summed E-state index contributed by atoms with van der Waals surface area (Å²) < 4.78 is 10.9. The van der Waals surface area contributed by atoms with Crippen molar-refractivity contribution in [2.75, 3.05) is 26.8 Å². The van der Waals surface area contributed by atoms with Gasteiger partial charge in [-0.2, -0.15) is 5.26 Å². The Kier molecular flexibility index (Phi) is 6.38. The molecule has 0 radical (unpaired) electrons. The monoisotopic (exact) mass is 276 g/mol. The van der Waals surface area contributed by atoms with Crippen LogP contribution in [0.5, 0.6) is 11.5 Å². The average molecular weight is 276 g/mol. The average Bonchev–Trinajstić information content (AvgIpc) is 2.46. The topological polar surface area (TPSA) is 62.6 Å². The largest absolute Gasteiger partial charge is 0.490 e. The molecule has 0 unspecified atom stereocenters. The van der Waals surface area contributed by atoms with E-state index in [9.17, 15) is 4.79 Å². The summed E-state index contributed by atoms with van der Waals surface area (Å²) in [6.45, 7) is 5.22. The molecule has 108 valence electrons. The Morgan fingerprint density at radius 1 is 1.25 bits per heavy atom. The van der Waals surface area contributed by atoms with Crippen LogP contribution in [0.4, 0.5) is 0 Å². The van der Waals surface area contributed by atoms with E-state index in [0.717, 1.165) is 0 Å². The fourth-order valence-electron chi connectivity index (χ4n) is 1.72. The van der Waals surface area contributed by atoms with Gasteiger partial charge in [0.25, 0.3) is 5.91 Å². The van der Waals surface area contributed by atoms with Crippen molar-refractivity contribution in [3.05, 3.63) is 23.8 Å². The van der Waals surface area contributed by atoms with Gasteiger partial charge in [-0.1, -0.05) is 0 Å². The van der Waals surface area contributed by atoms with Crippen molar-refractivity contribution in [1.29, 1.82) is 5.26 Å². The number of nitriles is 1. The molecule has 1 aromatic rings. The third-order valence-electron chi connectivity index (χ3n) is 2.70. The molecule has 0 aliphatic rings. The zero-order chi connectivity index (χ0) is 15.0. The lowest BCUT2D eigenvalue weighted by atomic mass is 10.1. The molecule has 0 bridgehead atoms. The predicted molar refractivity (Wildman–Crippen MR) is 76.0 cm³/mol. The Morgan fingerprint density at radius 2 is 1.90 bits per heavy atom. The van der Waals surface area contributed by atoms with E-state index >= 15 is 0 Å². The first-order valence-electron chi connectivity index (χ1n) is 6.66. The van der Waals surface area contributed by atoms with Crippen molar-refractivity contribution in [3.63, 3.8) is 0 Å². The zero-order valence-electron chi connectivity index (χ0n) is 12.2. The number of hydrogen-bond acceptors (Lipinski definition) is 4. The number of ether oxygens (including phenoxy) is 2. The molecule has 5 nitrogen and oxygen atoms in total. The number of amides is 1. The van der Waals surface area contributed by atoms with E-state index in [0.29, 0.717) is 43.2 Å². The maximum atomic E-state index is 12.2. The highest BCUT2D eigenvalue weighted by Gasteiger charge is 2.14. The molecule has 1 aromatic carbocycles. The SMILES string of the molecule is CCOc1ccc(C(=O)N(C)CCC#N)cc1OCC. The van der Waals surface area contributed by atoms with Gasteiger partial charge in [0.15, 0.2) is 11.5 Å². The summed E-state index contributed by atoms with van der Waals surface area (Å²) in [7, 11) is 1.68. The molecule has 0 N–H and O–H groups in total. The molecule has 0 atom stereocenters. The van der Waals surface area contributed by atoms with Crippen molar-refractivity contribution in [2.24, 2.45) is 0 Å². The summed E-state index contributed by atoms with van der Waals surface area (Å²) in [6.07, 6.45) is 0.317. The number of nitrogens with zero attached hydrogens (tertiary/aromatic N) is 2. The van der Waals surface area contributed by atoms with E-state index in [-0.39, 0.29) is 5.91 Å². The first kappa shape index (κ1) is 15.8. The molecule has 5 heteroatoms. The van der Waals surface area contributed by atoms with Crippen molar-refractivity contribution in [3.8, 4) is 17.6 Å². The standard InChI is InChI=1S/C15H20N2O3/c1-4-19-13-8-7-12(11-14(13)20-5-2)15(18)17(3)10-6-9-16/h7-8,11H,4-6,10H2,1-3H3. The van der Waals surface area contributed by atoms with Crippen LogP contribution in [-0.2, 0) is 0 Å². The molecular weight excluding hydrogens is 256 g/mol. The Morgan fingerprint density at radius 3 is 2.50 bits per heavy atom. The normalized spacial score (nSPS) is 9.70. The van der Waals surface area contributed by atoms with Crippen molar-refractivity contribution >= 4 is 5.91 Å². The van der Waals surface area contributed by atoms with Crippen molar-refractivity contribution < 1.29 is 14.3 Å². The molecule has 0 aliphatic heterocycles. The van der Waals surface area contributed by atoms with Crippen LogP contribution in [0.15, 0.2) is 18.2 Å². The summed E-state index contributed by atoms with van der Waals surface area (Å²) in [4.78, 5) is 13.7. The molecule has 0 saturated heterocycles.